The number of halogens is 1. The number of hydrogen-bond donors (Lipinski definition) is 1. The molecule has 8 nitrogen and oxygen atoms in total. The number of furan rings is 1. The third kappa shape index (κ3) is 4.45. The highest BCUT2D eigenvalue weighted by Crippen LogP contribution is 2.32. The van der Waals surface area contributed by atoms with Crippen molar-refractivity contribution in [1.29, 1.82) is 0 Å². The summed E-state index contributed by atoms with van der Waals surface area (Å²) < 4.78 is 11.1. The van der Waals surface area contributed by atoms with Gasteiger partial charge in [0.25, 0.3) is 11.6 Å². The number of anilines is 1. The van der Waals surface area contributed by atoms with Crippen molar-refractivity contribution in [3.63, 3.8) is 0 Å². The molecular formula is C23H15ClN2O6. The number of fused-ring (bicyclic) bond motifs is 1. The Kier molecular flexibility index (Phi) is 5.87. The van der Waals surface area contributed by atoms with Crippen LogP contribution in [-0.2, 0) is 4.79 Å². The molecule has 0 radical (unpaired) electrons. The minimum absolute atomic E-state index is 0.0165. The summed E-state index contributed by atoms with van der Waals surface area (Å²) in [6.45, 7) is -0.369. The normalized spacial score (nSPS) is 10.7. The van der Waals surface area contributed by atoms with E-state index in [1.807, 2.05) is 0 Å². The highest BCUT2D eigenvalue weighted by Gasteiger charge is 2.23. The molecule has 4 aromatic rings. The monoisotopic (exact) mass is 450 g/mol. The lowest BCUT2D eigenvalue weighted by Crippen LogP contribution is -2.21. The summed E-state index contributed by atoms with van der Waals surface area (Å²) in [5.74, 6) is -0.665. The fourth-order valence-corrected chi connectivity index (χ4v) is 3.18. The van der Waals surface area contributed by atoms with E-state index in [0.29, 0.717) is 27.3 Å². The van der Waals surface area contributed by atoms with Crippen LogP contribution in [0.4, 0.5) is 11.4 Å². The van der Waals surface area contributed by atoms with Crippen LogP contribution in [0.1, 0.15) is 16.1 Å². The van der Waals surface area contributed by atoms with Gasteiger partial charge in [-0.3, -0.25) is 19.7 Å². The van der Waals surface area contributed by atoms with Crippen molar-refractivity contribution in [2.45, 2.75) is 0 Å². The smallest absolute Gasteiger partial charge is 0.269 e. The Hall–Kier alpha value is -4.17. The van der Waals surface area contributed by atoms with Gasteiger partial charge < -0.3 is 14.5 Å². The molecule has 0 unspecified atom stereocenters. The van der Waals surface area contributed by atoms with Gasteiger partial charge in [-0.05, 0) is 48.5 Å². The maximum atomic E-state index is 13.0. The number of hydrogen-bond acceptors (Lipinski definition) is 6. The number of carbonyl (C=O) groups excluding carboxylic acids is 2. The molecule has 9 heteroatoms. The average Bonchev–Trinajstić information content (AvgIpc) is 3.16. The second-order valence-electron chi connectivity index (χ2n) is 6.73. The van der Waals surface area contributed by atoms with Crippen LogP contribution in [0.15, 0.2) is 77.2 Å². The van der Waals surface area contributed by atoms with Gasteiger partial charge in [0.1, 0.15) is 11.3 Å². The first-order chi connectivity index (χ1) is 15.4. The van der Waals surface area contributed by atoms with E-state index < -0.39 is 16.6 Å². The predicted molar refractivity (Wildman–Crippen MR) is 118 cm³/mol. The first-order valence-corrected chi connectivity index (χ1v) is 9.79. The van der Waals surface area contributed by atoms with Crippen LogP contribution in [0.5, 0.6) is 5.75 Å². The van der Waals surface area contributed by atoms with Gasteiger partial charge in [-0.2, -0.15) is 0 Å². The van der Waals surface area contributed by atoms with E-state index in [4.69, 9.17) is 20.8 Å². The second kappa shape index (κ2) is 8.91. The number of nitrogens with one attached hydrogen (secondary N) is 1. The fraction of sp³-hybridized carbons (Fsp3) is 0.0435. The van der Waals surface area contributed by atoms with Gasteiger partial charge in [-0.15, -0.1) is 0 Å². The van der Waals surface area contributed by atoms with Gasteiger partial charge in [-0.25, -0.2) is 0 Å². The zero-order valence-electron chi connectivity index (χ0n) is 16.4. The molecular weight excluding hydrogens is 436 g/mol. The second-order valence-corrected chi connectivity index (χ2v) is 7.16. The molecule has 0 spiro atoms. The Morgan fingerprint density at radius 1 is 1.00 bits per heavy atom. The van der Waals surface area contributed by atoms with Gasteiger partial charge in [-0.1, -0.05) is 23.7 Å². The lowest BCUT2D eigenvalue weighted by Gasteiger charge is -2.08. The van der Waals surface area contributed by atoms with E-state index >= 15 is 0 Å². The molecule has 0 atom stereocenters. The number of benzene rings is 3. The zero-order chi connectivity index (χ0) is 22.7. The van der Waals surface area contributed by atoms with Crippen LogP contribution in [0.3, 0.4) is 0 Å². The highest BCUT2D eigenvalue weighted by molar-refractivity contribution is 6.30. The number of ether oxygens (including phenoxy) is 1. The first kappa shape index (κ1) is 21.1. The van der Waals surface area contributed by atoms with Gasteiger partial charge in [0.2, 0.25) is 5.78 Å². The molecule has 0 saturated heterocycles. The Morgan fingerprint density at radius 2 is 1.69 bits per heavy atom. The molecule has 32 heavy (non-hydrogen) atoms. The summed E-state index contributed by atoms with van der Waals surface area (Å²) in [5.41, 5.74) is 0.942. The van der Waals surface area contributed by atoms with E-state index in [-0.39, 0.29) is 23.7 Å². The van der Waals surface area contributed by atoms with Crippen molar-refractivity contribution in [2.24, 2.45) is 0 Å². The molecule has 1 amide bonds. The van der Waals surface area contributed by atoms with E-state index in [9.17, 15) is 19.7 Å². The van der Waals surface area contributed by atoms with Crippen LogP contribution in [-0.4, -0.2) is 23.2 Å². The molecule has 0 bridgehead atoms. The van der Waals surface area contributed by atoms with Gasteiger partial charge in [0.15, 0.2) is 12.4 Å². The third-order valence-electron chi connectivity index (χ3n) is 4.59. The van der Waals surface area contributed by atoms with Crippen LogP contribution in [0.2, 0.25) is 5.02 Å². The summed E-state index contributed by atoms with van der Waals surface area (Å²) in [6, 6.07) is 18.6. The van der Waals surface area contributed by atoms with Gasteiger partial charge in [0, 0.05) is 28.1 Å². The maximum absolute atomic E-state index is 13.0. The van der Waals surface area contributed by atoms with Crippen molar-refractivity contribution >= 4 is 45.6 Å². The summed E-state index contributed by atoms with van der Waals surface area (Å²) >= 11 is 5.90. The molecule has 0 aliphatic carbocycles. The van der Waals surface area contributed by atoms with Crippen molar-refractivity contribution in [2.75, 3.05) is 11.9 Å². The van der Waals surface area contributed by atoms with Crippen molar-refractivity contribution in [1.82, 2.24) is 0 Å². The van der Waals surface area contributed by atoms with Crippen LogP contribution < -0.4 is 10.1 Å². The number of amides is 1. The van der Waals surface area contributed by atoms with E-state index in [1.165, 1.54) is 24.3 Å². The van der Waals surface area contributed by atoms with Crippen LogP contribution in [0.25, 0.3) is 11.0 Å². The SMILES string of the molecule is O=C(COc1ccc([N+](=O)[O-])cc1)Nc1c(C(=O)c2ccc(Cl)cc2)oc2ccccc12. The minimum Gasteiger partial charge on any atom is -0.484 e. The van der Waals surface area contributed by atoms with E-state index in [2.05, 4.69) is 5.32 Å². The average molecular weight is 451 g/mol. The van der Waals surface area contributed by atoms with Crippen molar-refractivity contribution in [3.8, 4) is 5.75 Å². The summed E-state index contributed by atoms with van der Waals surface area (Å²) in [6.07, 6.45) is 0. The van der Waals surface area contributed by atoms with E-state index in [0.717, 1.165) is 0 Å². The maximum Gasteiger partial charge on any atom is 0.269 e. The topological polar surface area (TPSA) is 112 Å². The molecule has 4 rings (SSSR count). The van der Waals surface area contributed by atoms with Crippen molar-refractivity contribution in [3.05, 3.63) is 99.3 Å². The molecule has 0 saturated carbocycles. The molecule has 1 aromatic heterocycles. The Morgan fingerprint density at radius 3 is 2.38 bits per heavy atom. The largest absolute Gasteiger partial charge is 0.484 e. The molecule has 0 aliphatic rings. The lowest BCUT2D eigenvalue weighted by atomic mass is 10.1. The molecule has 0 aliphatic heterocycles. The molecule has 1 N–H and O–H groups in total. The van der Waals surface area contributed by atoms with Gasteiger partial charge >= 0.3 is 0 Å². The Bertz CT molecular complexity index is 1310. The highest BCUT2D eigenvalue weighted by atomic mass is 35.5. The number of nitro groups is 1. The molecule has 3 aromatic carbocycles. The zero-order valence-corrected chi connectivity index (χ0v) is 17.2. The Balaban J connectivity index is 1.55. The number of nitro benzene ring substituents is 1. The van der Waals surface area contributed by atoms with E-state index in [1.54, 1.807) is 48.5 Å². The molecule has 1 heterocycles. The number of carbonyl (C=O) groups is 2. The molecule has 0 fully saturated rings. The van der Waals surface area contributed by atoms with Crippen LogP contribution >= 0.6 is 11.6 Å². The number of nitrogens with zero attached hydrogens (tertiary/aromatic N) is 1. The summed E-state index contributed by atoms with van der Waals surface area (Å²) in [7, 11) is 0. The minimum atomic E-state index is -0.528. The quantitative estimate of drug-likeness (QED) is 0.234. The third-order valence-corrected chi connectivity index (χ3v) is 4.84. The first-order valence-electron chi connectivity index (χ1n) is 9.41. The van der Waals surface area contributed by atoms with Gasteiger partial charge in [0.05, 0.1) is 10.6 Å². The number of para-hydroxylation sites is 1. The summed E-state index contributed by atoms with van der Waals surface area (Å²) in [4.78, 5) is 35.8. The van der Waals surface area contributed by atoms with Crippen LogP contribution in [0, 0.1) is 10.1 Å². The standard InChI is InChI=1S/C23H15ClN2O6/c24-15-7-5-14(6-8-15)22(28)23-21(18-3-1-2-4-19(18)32-23)25-20(27)13-31-17-11-9-16(10-12-17)26(29)30/h1-12H,13H2,(H,25,27). The number of non-ortho nitro benzene ring substituents is 1. The number of rotatable bonds is 7. The van der Waals surface area contributed by atoms with Crippen molar-refractivity contribution < 1.29 is 23.7 Å². The summed E-state index contributed by atoms with van der Waals surface area (Å²) in [5, 5.41) is 14.5. The predicted octanol–water partition coefficient (Wildman–Crippen LogP) is 5.24. The molecule has 160 valence electrons. The fourth-order valence-electron chi connectivity index (χ4n) is 3.05. The lowest BCUT2D eigenvalue weighted by molar-refractivity contribution is -0.384. The number of ketones is 1. The Labute approximate surface area is 186 Å².